The van der Waals surface area contributed by atoms with Gasteiger partial charge in [0.05, 0.1) is 0 Å². The van der Waals surface area contributed by atoms with E-state index >= 15 is 0 Å². The second kappa shape index (κ2) is 7.70. The Bertz CT molecular complexity index is 203. The third kappa shape index (κ3) is 9.74. The van der Waals surface area contributed by atoms with Gasteiger partial charge in [-0.2, -0.15) is 0 Å². The molecule has 0 aliphatic rings. The Morgan fingerprint density at radius 2 is 1.73 bits per heavy atom. The molecule has 1 atom stereocenters. The highest BCUT2D eigenvalue weighted by atomic mass is 14.9. The maximum absolute atomic E-state index is 4.00. The monoisotopic (exact) mass is 209 g/mol. The van der Waals surface area contributed by atoms with Gasteiger partial charge in [-0.05, 0) is 45.6 Å². The molecule has 0 amide bonds. The molecule has 1 heteroatoms. The fraction of sp³-hybridized carbons (Fsp3) is 0.714. The van der Waals surface area contributed by atoms with E-state index in [0.29, 0.717) is 12.0 Å². The second-order valence-corrected chi connectivity index (χ2v) is 5.09. The van der Waals surface area contributed by atoms with E-state index in [0.717, 1.165) is 19.4 Å². The summed E-state index contributed by atoms with van der Waals surface area (Å²) >= 11 is 0. The molecule has 0 aromatic heterocycles. The zero-order valence-corrected chi connectivity index (χ0v) is 10.9. The first-order valence-electron chi connectivity index (χ1n) is 5.94. The molecule has 0 bridgehead atoms. The van der Waals surface area contributed by atoms with Crippen LogP contribution in [0.25, 0.3) is 0 Å². The number of rotatable bonds is 8. The molecule has 0 aromatic carbocycles. The van der Waals surface area contributed by atoms with Crippen LogP contribution in [0.4, 0.5) is 0 Å². The highest BCUT2D eigenvalue weighted by Gasteiger charge is 2.09. The summed E-state index contributed by atoms with van der Waals surface area (Å²) in [6, 6.07) is 0.572. The summed E-state index contributed by atoms with van der Waals surface area (Å²) in [5.41, 5.74) is 2.57. The lowest BCUT2D eigenvalue weighted by molar-refractivity contribution is 0.421. The standard InChI is InChI=1S/C14H27N/c1-11(2)7-8-14(9-12(3)4)10-15-13(5)6/h13-15H,1,3,7-10H2,2,4-6H3. The molecule has 88 valence electrons. The topological polar surface area (TPSA) is 12.0 Å². The van der Waals surface area contributed by atoms with Crippen LogP contribution < -0.4 is 5.32 Å². The zero-order chi connectivity index (χ0) is 11.8. The molecule has 0 heterocycles. The van der Waals surface area contributed by atoms with Crippen molar-refractivity contribution in [2.24, 2.45) is 5.92 Å². The van der Waals surface area contributed by atoms with Gasteiger partial charge < -0.3 is 5.32 Å². The Balaban J connectivity index is 3.94. The summed E-state index contributed by atoms with van der Waals surface area (Å²) in [6.07, 6.45) is 3.49. The van der Waals surface area contributed by atoms with Gasteiger partial charge in [-0.1, -0.05) is 25.0 Å². The molecule has 0 aliphatic heterocycles. The van der Waals surface area contributed by atoms with Crippen LogP contribution in [0.1, 0.15) is 47.0 Å². The summed E-state index contributed by atoms with van der Waals surface area (Å²) in [5.74, 6) is 0.710. The number of allylic oxidation sites excluding steroid dienone is 2. The molecule has 1 unspecified atom stereocenters. The molecule has 0 saturated heterocycles. The molecule has 0 aromatic rings. The number of hydrogen-bond acceptors (Lipinski definition) is 1. The summed E-state index contributed by atoms with van der Waals surface area (Å²) in [6.45, 7) is 17.7. The average Bonchev–Trinajstić information content (AvgIpc) is 2.08. The molecule has 15 heavy (non-hydrogen) atoms. The third-order valence-corrected chi connectivity index (χ3v) is 2.43. The van der Waals surface area contributed by atoms with E-state index in [-0.39, 0.29) is 0 Å². The predicted octanol–water partition coefficient (Wildman–Crippen LogP) is 3.92. The van der Waals surface area contributed by atoms with Crippen molar-refractivity contribution in [3.8, 4) is 0 Å². The van der Waals surface area contributed by atoms with Crippen molar-refractivity contribution < 1.29 is 0 Å². The highest BCUT2D eigenvalue weighted by Crippen LogP contribution is 2.17. The van der Waals surface area contributed by atoms with Crippen LogP contribution in [0, 0.1) is 5.92 Å². The molecule has 0 aliphatic carbocycles. The van der Waals surface area contributed by atoms with Gasteiger partial charge >= 0.3 is 0 Å². The fourth-order valence-electron chi connectivity index (χ4n) is 1.62. The summed E-state index contributed by atoms with van der Waals surface area (Å²) in [5, 5.41) is 3.50. The molecular weight excluding hydrogens is 182 g/mol. The van der Waals surface area contributed by atoms with E-state index in [4.69, 9.17) is 0 Å². The number of nitrogens with one attached hydrogen (secondary N) is 1. The van der Waals surface area contributed by atoms with Crippen molar-refractivity contribution in [2.45, 2.75) is 53.0 Å². The van der Waals surface area contributed by atoms with Crippen LogP contribution in [0.5, 0.6) is 0 Å². The van der Waals surface area contributed by atoms with Gasteiger partial charge in [-0.25, -0.2) is 0 Å². The van der Waals surface area contributed by atoms with Crippen LogP contribution in [0.15, 0.2) is 24.3 Å². The fourth-order valence-corrected chi connectivity index (χ4v) is 1.62. The Kier molecular flexibility index (Phi) is 7.41. The molecular formula is C14H27N. The van der Waals surface area contributed by atoms with E-state index in [2.05, 4.69) is 46.2 Å². The van der Waals surface area contributed by atoms with E-state index in [1.54, 1.807) is 0 Å². The smallest absolute Gasteiger partial charge is 0.00104 e. The van der Waals surface area contributed by atoms with Crippen molar-refractivity contribution in [3.05, 3.63) is 24.3 Å². The third-order valence-electron chi connectivity index (χ3n) is 2.43. The minimum atomic E-state index is 0.572. The molecule has 0 rings (SSSR count). The van der Waals surface area contributed by atoms with Crippen LogP contribution in [0.3, 0.4) is 0 Å². The van der Waals surface area contributed by atoms with Gasteiger partial charge in [0.2, 0.25) is 0 Å². The van der Waals surface area contributed by atoms with E-state index in [9.17, 15) is 0 Å². The first kappa shape index (κ1) is 14.4. The van der Waals surface area contributed by atoms with E-state index in [1.807, 2.05) is 0 Å². The summed E-state index contributed by atoms with van der Waals surface area (Å²) in [4.78, 5) is 0. The van der Waals surface area contributed by atoms with Gasteiger partial charge in [0, 0.05) is 6.04 Å². The largest absolute Gasteiger partial charge is 0.314 e. The minimum absolute atomic E-state index is 0.572. The molecule has 0 saturated carbocycles. The molecule has 0 spiro atoms. The highest BCUT2D eigenvalue weighted by molar-refractivity contribution is 4.94. The van der Waals surface area contributed by atoms with E-state index in [1.165, 1.54) is 17.6 Å². The first-order valence-corrected chi connectivity index (χ1v) is 5.94. The molecule has 1 N–H and O–H groups in total. The van der Waals surface area contributed by atoms with Crippen molar-refractivity contribution in [2.75, 3.05) is 6.54 Å². The van der Waals surface area contributed by atoms with Crippen molar-refractivity contribution in [1.29, 1.82) is 0 Å². The lowest BCUT2D eigenvalue weighted by Gasteiger charge is -2.19. The SMILES string of the molecule is C=C(C)CCC(CNC(C)C)CC(=C)C. The average molecular weight is 209 g/mol. The number of hydrogen-bond donors (Lipinski definition) is 1. The Morgan fingerprint density at radius 1 is 1.13 bits per heavy atom. The van der Waals surface area contributed by atoms with Gasteiger partial charge in [-0.15, -0.1) is 13.2 Å². The molecule has 1 nitrogen and oxygen atoms in total. The van der Waals surface area contributed by atoms with E-state index < -0.39 is 0 Å². The first-order chi connectivity index (χ1) is 6.91. The maximum Gasteiger partial charge on any atom is 0.00104 e. The van der Waals surface area contributed by atoms with Crippen molar-refractivity contribution >= 4 is 0 Å². The van der Waals surface area contributed by atoms with Crippen molar-refractivity contribution in [1.82, 2.24) is 5.32 Å². The predicted molar refractivity (Wildman–Crippen MR) is 70.1 cm³/mol. The maximum atomic E-state index is 4.00. The van der Waals surface area contributed by atoms with Crippen LogP contribution in [-0.4, -0.2) is 12.6 Å². The lowest BCUT2D eigenvalue weighted by Crippen LogP contribution is -2.29. The second-order valence-electron chi connectivity index (χ2n) is 5.09. The van der Waals surface area contributed by atoms with Gasteiger partial charge in [0.15, 0.2) is 0 Å². The van der Waals surface area contributed by atoms with Crippen LogP contribution in [-0.2, 0) is 0 Å². The quantitative estimate of drug-likeness (QED) is 0.597. The molecule has 0 radical (unpaired) electrons. The molecule has 0 fully saturated rings. The Morgan fingerprint density at radius 3 is 2.13 bits per heavy atom. The normalized spacial score (nSPS) is 12.9. The van der Waals surface area contributed by atoms with Crippen LogP contribution in [0.2, 0.25) is 0 Å². The summed E-state index contributed by atoms with van der Waals surface area (Å²) in [7, 11) is 0. The summed E-state index contributed by atoms with van der Waals surface area (Å²) < 4.78 is 0. The van der Waals surface area contributed by atoms with Crippen molar-refractivity contribution in [3.63, 3.8) is 0 Å². The lowest BCUT2D eigenvalue weighted by atomic mass is 9.94. The van der Waals surface area contributed by atoms with Gasteiger partial charge in [0.1, 0.15) is 0 Å². The zero-order valence-electron chi connectivity index (χ0n) is 10.9. The van der Waals surface area contributed by atoms with Gasteiger partial charge in [-0.3, -0.25) is 0 Å². The Labute approximate surface area is 95.7 Å². The van der Waals surface area contributed by atoms with Gasteiger partial charge in [0.25, 0.3) is 0 Å². The Hall–Kier alpha value is -0.560. The van der Waals surface area contributed by atoms with Crippen LogP contribution >= 0.6 is 0 Å². The minimum Gasteiger partial charge on any atom is -0.314 e.